The predicted octanol–water partition coefficient (Wildman–Crippen LogP) is 5.26. The topological polar surface area (TPSA) is 76.4 Å². The van der Waals surface area contributed by atoms with Gasteiger partial charge in [-0.25, -0.2) is 10.6 Å². The molecule has 3 aromatic carbocycles. The molecule has 30 heavy (non-hydrogen) atoms. The van der Waals surface area contributed by atoms with Gasteiger partial charge in [-0.15, -0.1) is 0 Å². The van der Waals surface area contributed by atoms with Crippen molar-refractivity contribution in [1.82, 2.24) is 5.43 Å². The largest absolute Gasteiger partial charge is 0.488 e. The molecule has 0 aliphatic heterocycles. The van der Waals surface area contributed by atoms with E-state index in [0.717, 1.165) is 11.6 Å². The van der Waals surface area contributed by atoms with E-state index in [-0.39, 0.29) is 12.4 Å². The molecule has 0 bridgehead atoms. The number of aryl methyl sites for hydroxylation is 1. The van der Waals surface area contributed by atoms with Gasteiger partial charge < -0.3 is 10.1 Å². The first-order valence-corrected chi connectivity index (χ1v) is 9.05. The Bertz CT molecular complexity index is 1040. The van der Waals surface area contributed by atoms with Crippen molar-refractivity contribution in [2.45, 2.75) is 19.7 Å². The fourth-order valence-corrected chi connectivity index (χ4v) is 3.01. The first-order chi connectivity index (χ1) is 14.3. The Balaban J connectivity index is 1.92. The highest BCUT2D eigenvalue weighted by Gasteiger charge is 2.35. The quantitative estimate of drug-likeness (QED) is 0.302. The van der Waals surface area contributed by atoms with E-state index >= 15 is 0 Å². The summed E-state index contributed by atoms with van der Waals surface area (Å²) in [6.07, 6.45) is -4.59. The number of carbonyl (C=O) groups excluding carboxylic acids is 1. The molecular formula is C22H20F3N3O2. The smallest absolute Gasteiger partial charge is 0.419 e. The molecule has 0 atom stereocenters. The second-order valence-corrected chi connectivity index (χ2v) is 6.56. The summed E-state index contributed by atoms with van der Waals surface area (Å²) in [7, 11) is 0. The van der Waals surface area contributed by atoms with Crippen molar-refractivity contribution < 1.29 is 22.7 Å². The third-order valence-electron chi connectivity index (χ3n) is 4.55. The lowest BCUT2D eigenvalue weighted by Crippen LogP contribution is -2.34. The van der Waals surface area contributed by atoms with Crippen molar-refractivity contribution in [3.63, 3.8) is 0 Å². The zero-order valence-corrected chi connectivity index (χ0v) is 16.1. The van der Waals surface area contributed by atoms with E-state index in [1.807, 2.05) is 5.43 Å². The van der Waals surface area contributed by atoms with Gasteiger partial charge in [0.2, 0.25) is 0 Å². The number of halogens is 3. The fraction of sp³-hybridized carbons (Fsp3) is 0.136. The standard InChI is InChI=1S/C22H20F3N3O2/c1-14-6-5-9-19(27-21(29)28-26)17(14)13-30-20-11-10-16(12-18(20)22(23,24)25)15-7-3-2-4-8-15/h2-12H,13,26H2,1H3,(H2,27,28,29). The summed E-state index contributed by atoms with van der Waals surface area (Å²) in [5.74, 6) is 4.79. The highest BCUT2D eigenvalue weighted by atomic mass is 19.4. The Labute approximate surface area is 171 Å². The number of benzene rings is 3. The van der Waals surface area contributed by atoms with E-state index in [9.17, 15) is 18.0 Å². The molecule has 0 heterocycles. The van der Waals surface area contributed by atoms with Crippen molar-refractivity contribution in [2.75, 3.05) is 5.32 Å². The normalized spacial score (nSPS) is 11.1. The van der Waals surface area contributed by atoms with Crippen LogP contribution < -0.4 is 21.3 Å². The molecule has 0 radical (unpaired) electrons. The summed E-state index contributed by atoms with van der Waals surface area (Å²) >= 11 is 0. The number of alkyl halides is 3. The maximum Gasteiger partial charge on any atom is 0.419 e. The van der Waals surface area contributed by atoms with Crippen molar-refractivity contribution in [3.8, 4) is 16.9 Å². The van der Waals surface area contributed by atoms with Crippen LogP contribution in [0.4, 0.5) is 23.7 Å². The molecule has 3 aromatic rings. The van der Waals surface area contributed by atoms with Crippen LogP contribution in [0, 0.1) is 6.92 Å². The Morgan fingerprint density at radius 2 is 1.73 bits per heavy atom. The third-order valence-corrected chi connectivity index (χ3v) is 4.55. The molecule has 0 aromatic heterocycles. The van der Waals surface area contributed by atoms with Gasteiger partial charge in [-0.3, -0.25) is 5.43 Å². The van der Waals surface area contributed by atoms with Crippen LogP contribution in [0.5, 0.6) is 5.75 Å². The lowest BCUT2D eigenvalue weighted by atomic mass is 10.0. The molecule has 8 heteroatoms. The number of nitrogens with two attached hydrogens (primary N) is 1. The van der Waals surface area contributed by atoms with E-state index in [1.54, 1.807) is 61.5 Å². The Morgan fingerprint density at radius 3 is 2.40 bits per heavy atom. The maximum atomic E-state index is 13.7. The summed E-state index contributed by atoms with van der Waals surface area (Å²) in [6, 6.07) is 17.2. The van der Waals surface area contributed by atoms with Crippen LogP contribution >= 0.6 is 0 Å². The number of carbonyl (C=O) groups is 1. The number of hydrogen-bond donors (Lipinski definition) is 3. The first kappa shape index (κ1) is 21.2. The van der Waals surface area contributed by atoms with E-state index < -0.39 is 17.8 Å². The Kier molecular flexibility index (Phi) is 6.27. The summed E-state index contributed by atoms with van der Waals surface area (Å²) in [4.78, 5) is 11.5. The summed E-state index contributed by atoms with van der Waals surface area (Å²) in [5, 5.41) is 2.54. The lowest BCUT2D eigenvalue weighted by Gasteiger charge is -2.18. The second-order valence-electron chi connectivity index (χ2n) is 6.56. The average molecular weight is 415 g/mol. The van der Waals surface area contributed by atoms with Gasteiger partial charge in [-0.1, -0.05) is 48.5 Å². The molecule has 0 aliphatic carbocycles. The van der Waals surface area contributed by atoms with Gasteiger partial charge in [0.15, 0.2) is 0 Å². The molecule has 3 rings (SSSR count). The zero-order valence-electron chi connectivity index (χ0n) is 16.1. The number of hydrazine groups is 1. The molecule has 156 valence electrons. The first-order valence-electron chi connectivity index (χ1n) is 9.05. The third kappa shape index (κ3) is 4.90. The predicted molar refractivity (Wildman–Crippen MR) is 109 cm³/mol. The number of nitrogens with one attached hydrogen (secondary N) is 2. The van der Waals surface area contributed by atoms with Crippen LogP contribution in [0.1, 0.15) is 16.7 Å². The summed E-state index contributed by atoms with van der Waals surface area (Å²) in [6.45, 7) is 1.61. The summed E-state index contributed by atoms with van der Waals surface area (Å²) in [5.41, 5.74) is 3.88. The number of hydrogen-bond acceptors (Lipinski definition) is 3. The van der Waals surface area contributed by atoms with Crippen LogP contribution in [0.2, 0.25) is 0 Å². The molecule has 0 saturated heterocycles. The van der Waals surface area contributed by atoms with Crippen LogP contribution in [-0.4, -0.2) is 6.03 Å². The second kappa shape index (κ2) is 8.87. The minimum atomic E-state index is -4.59. The zero-order chi connectivity index (χ0) is 21.7. The van der Waals surface area contributed by atoms with Gasteiger partial charge >= 0.3 is 12.2 Å². The molecule has 4 N–H and O–H groups in total. The van der Waals surface area contributed by atoms with E-state index in [0.29, 0.717) is 22.4 Å². The van der Waals surface area contributed by atoms with Gasteiger partial charge in [0, 0.05) is 11.3 Å². The van der Waals surface area contributed by atoms with Crippen LogP contribution in [0.25, 0.3) is 11.1 Å². The van der Waals surface area contributed by atoms with Crippen LogP contribution in [-0.2, 0) is 12.8 Å². The molecule has 5 nitrogen and oxygen atoms in total. The molecular weight excluding hydrogens is 395 g/mol. The van der Waals surface area contributed by atoms with Gasteiger partial charge in [0.25, 0.3) is 0 Å². The van der Waals surface area contributed by atoms with E-state index in [2.05, 4.69) is 5.32 Å². The maximum absolute atomic E-state index is 13.7. The van der Waals surface area contributed by atoms with E-state index in [4.69, 9.17) is 10.6 Å². The van der Waals surface area contributed by atoms with Crippen LogP contribution in [0.3, 0.4) is 0 Å². The van der Waals surface area contributed by atoms with Crippen molar-refractivity contribution in [2.24, 2.45) is 5.84 Å². The molecule has 0 aliphatic rings. The molecule has 0 fully saturated rings. The molecule has 0 spiro atoms. The number of anilines is 1. The highest BCUT2D eigenvalue weighted by Crippen LogP contribution is 2.39. The molecule has 0 saturated carbocycles. The number of ether oxygens (including phenoxy) is 1. The monoisotopic (exact) mass is 415 g/mol. The number of urea groups is 1. The van der Waals surface area contributed by atoms with E-state index in [1.165, 1.54) is 6.07 Å². The lowest BCUT2D eigenvalue weighted by molar-refractivity contribution is -0.139. The average Bonchev–Trinajstić information content (AvgIpc) is 2.73. The van der Waals surface area contributed by atoms with Gasteiger partial charge in [0.05, 0.1) is 5.56 Å². The van der Waals surface area contributed by atoms with Crippen molar-refractivity contribution in [3.05, 3.63) is 83.4 Å². The Hall–Kier alpha value is -3.52. The van der Waals surface area contributed by atoms with Crippen molar-refractivity contribution >= 4 is 11.7 Å². The Morgan fingerprint density at radius 1 is 1.00 bits per heavy atom. The summed E-state index contributed by atoms with van der Waals surface area (Å²) < 4.78 is 46.6. The van der Waals surface area contributed by atoms with Gasteiger partial charge in [-0.2, -0.15) is 13.2 Å². The minimum Gasteiger partial charge on any atom is -0.488 e. The van der Waals surface area contributed by atoms with Gasteiger partial charge in [-0.05, 0) is 41.8 Å². The highest BCUT2D eigenvalue weighted by molar-refractivity contribution is 5.89. The van der Waals surface area contributed by atoms with Gasteiger partial charge in [0.1, 0.15) is 12.4 Å². The van der Waals surface area contributed by atoms with Crippen LogP contribution in [0.15, 0.2) is 66.7 Å². The molecule has 0 unspecified atom stereocenters. The molecule has 2 amide bonds. The number of rotatable bonds is 5. The fourth-order valence-electron chi connectivity index (χ4n) is 3.01. The number of amides is 2. The SMILES string of the molecule is Cc1cccc(NC(=O)NN)c1COc1ccc(-c2ccccc2)cc1C(F)(F)F. The minimum absolute atomic E-state index is 0.166. The van der Waals surface area contributed by atoms with Crippen molar-refractivity contribution in [1.29, 1.82) is 0 Å².